The Morgan fingerprint density at radius 3 is 2.67 bits per heavy atom. The monoisotopic (exact) mass is 334 g/mol. The van der Waals surface area contributed by atoms with Gasteiger partial charge in [-0.15, -0.1) is 0 Å². The van der Waals surface area contributed by atoms with Gasteiger partial charge < -0.3 is 19.8 Å². The Balaban J connectivity index is 1.79. The molecule has 0 aromatic heterocycles. The average Bonchev–Trinajstić information content (AvgIpc) is 3.02. The maximum atomic E-state index is 11.9. The molecule has 2 aliphatic heterocycles. The van der Waals surface area contributed by atoms with Crippen molar-refractivity contribution in [2.24, 2.45) is 11.3 Å². The summed E-state index contributed by atoms with van der Waals surface area (Å²) in [6, 6.07) is 4.90. The smallest absolute Gasteiger partial charge is 0.313 e. The highest BCUT2D eigenvalue weighted by Gasteiger charge is 2.58. The minimum Gasteiger partial charge on any atom is -0.508 e. The Hall–Kier alpha value is -2.28. The number of hydrogen-bond donors (Lipinski definition) is 2. The Morgan fingerprint density at radius 2 is 2.08 bits per heavy atom. The van der Waals surface area contributed by atoms with Crippen molar-refractivity contribution in [2.45, 2.75) is 13.5 Å². The van der Waals surface area contributed by atoms with E-state index in [2.05, 4.69) is 4.90 Å². The Labute approximate surface area is 140 Å². The van der Waals surface area contributed by atoms with E-state index in [9.17, 15) is 19.8 Å². The van der Waals surface area contributed by atoms with Crippen LogP contribution in [0.15, 0.2) is 18.2 Å². The molecule has 1 aromatic carbocycles. The zero-order chi connectivity index (χ0) is 17.5. The molecule has 0 radical (unpaired) electrons. The molecule has 2 heterocycles. The Morgan fingerprint density at radius 1 is 1.33 bits per heavy atom. The first kappa shape index (κ1) is 16.6. The number of aromatic hydroxyl groups is 1. The number of methoxy groups -OCH3 is 1. The molecule has 2 saturated heterocycles. The van der Waals surface area contributed by atoms with Crippen molar-refractivity contribution < 1.29 is 24.5 Å². The summed E-state index contributed by atoms with van der Waals surface area (Å²) < 4.78 is 5.32. The van der Waals surface area contributed by atoms with Crippen molar-refractivity contribution in [3.05, 3.63) is 23.8 Å². The van der Waals surface area contributed by atoms with Crippen LogP contribution in [0.5, 0.6) is 11.5 Å². The molecule has 0 spiro atoms. The van der Waals surface area contributed by atoms with Gasteiger partial charge in [-0.3, -0.25) is 14.5 Å². The van der Waals surface area contributed by atoms with Crippen molar-refractivity contribution in [1.82, 2.24) is 9.80 Å². The number of aliphatic carboxylic acids is 1. The van der Waals surface area contributed by atoms with E-state index in [-0.39, 0.29) is 24.1 Å². The number of carbonyl (C=O) groups is 2. The van der Waals surface area contributed by atoms with E-state index < -0.39 is 11.4 Å². The number of phenols is 1. The van der Waals surface area contributed by atoms with Crippen LogP contribution in [0.2, 0.25) is 0 Å². The number of benzene rings is 1. The van der Waals surface area contributed by atoms with E-state index >= 15 is 0 Å². The Kier molecular flexibility index (Phi) is 4.13. The molecule has 7 nitrogen and oxygen atoms in total. The van der Waals surface area contributed by atoms with Crippen LogP contribution < -0.4 is 4.74 Å². The molecule has 7 heteroatoms. The molecule has 2 fully saturated rings. The summed E-state index contributed by atoms with van der Waals surface area (Å²) in [5.74, 6) is -0.185. The lowest BCUT2D eigenvalue weighted by molar-refractivity contribution is -0.149. The minimum absolute atomic E-state index is 0.0776. The van der Waals surface area contributed by atoms with Gasteiger partial charge in [-0.2, -0.15) is 0 Å². The quantitative estimate of drug-likeness (QED) is 0.845. The summed E-state index contributed by atoms with van der Waals surface area (Å²) >= 11 is 0. The lowest BCUT2D eigenvalue weighted by Crippen LogP contribution is -2.41. The maximum absolute atomic E-state index is 11.9. The molecule has 1 aromatic rings. The van der Waals surface area contributed by atoms with Gasteiger partial charge in [-0.1, -0.05) is 0 Å². The van der Waals surface area contributed by atoms with Gasteiger partial charge in [0.1, 0.15) is 16.9 Å². The van der Waals surface area contributed by atoms with Crippen molar-refractivity contribution >= 4 is 11.9 Å². The van der Waals surface area contributed by atoms with Gasteiger partial charge in [0.05, 0.1) is 7.11 Å². The third-order valence-corrected chi connectivity index (χ3v) is 5.21. The van der Waals surface area contributed by atoms with E-state index in [0.29, 0.717) is 31.9 Å². The highest BCUT2D eigenvalue weighted by molar-refractivity contribution is 5.80. The van der Waals surface area contributed by atoms with E-state index in [1.165, 1.54) is 6.92 Å². The highest BCUT2D eigenvalue weighted by atomic mass is 16.5. The molecule has 1 amide bonds. The number of likely N-dealkylation sites (tertiary alicyclic amines) is 2. The SMILES string of the molecule is COc1ccc(O)cc1CN1C[C@@H]2CN(C(C)=O)C[C@]2(C(=O)O)C1. The zero-order valence-electron chi connectivity index (χ0n) is 13.9. The lowest BCUT2D eigenvalue weighted by Gasteiger charge is -2.25. The fourth-order valence-corrected chi connectivity index (χ4v) is 3.96. The van der Waals surface area contributed by atoms with Crippen LogP contribution in [-0.2, 0) is 16.1 Å². The lowest BCUT2D eigenvalue weighted by atomic mass is 9.81. The van der Waals surface area contributed by atoms with E-state index in [1.54, 1.807) is 30.2 Å². The molecule has 2 atom stereocenters. The summed E-state index contributed by atoms with van der Waals surface area (Å²) in [6.45, 7) is 3.71. The predicted octanol–water partition coefficient (Wildman–Crippen LogP) is 0.766. The first-order valence-corrected chi connectivity index (χ1v) is 7.93. The van der Waals surface area contributed by atoms with Gasteiger partial charge in [-0.25, -0.2) is 0 Å². The van der Waals surface area contributed by atoms with Gasteiger partial charge in [-0.05, 0) is 18.2 Å². The number of carboxylic acids is 1. The average molecular weight is 334 g/mol. The molecular weight excluding hydrogens is 312 g/mol. The molecule has 0 bridgehead atoms. The van der Waals surface area contributed by atoms with Crippen molar-refractivity contribution in [1.29, 1.82) is 0 Å². The number of rotatable bonds is 4. The van der Waals surface area contributed by atoms with Gasteiger partial charge >= 0.3 is 5.97 Å². The van der Waals surface area contributed by atoms with Crippen molar-refractivity contribution in [3.8, 4) is 11.5 Å². The third-order valence-electron chi connectivity index (χ3n) is 5.21. The molecule has 0 saturated carbocycles. The fraction of sp³-hybridized carbons (Fsp3) is 0.529. The topological polar surface area (TPSA) is 90.3 Å². The van der Waals surface area contributed by atoms with Gasteiger partial charge in [0, 0.05) is 51.1 Å². The third kappa shape index (κ3) is 2.69. The second-order valence-electron chi connectivity index (χ2n) is 6.72. The van der Waals surface area contributed by atoms with Crippen molar-refractivity contribution in [3.63, 3.8) is 0 Å². The van der Waals surface area contributed by atoms with Crippen LogP contribution in [0.3, 0.4) is 0 Å². The maximum Gasteiger partial charge on any atom is 0.313 e. The predicted molar refractivity (Wildman–Crippen MR) is 85.7 cm³/mol. The molecule has 2 aliphatic rings. The number of amides is 1. The summed E-state index contributed by atoms with van der Waals surface area (Å²) in [7, 11) is 1.57. The summed E-state index contributed by atoms with van der Waals surface area (Å²) in [5.41, 5.74) is -0.0862. The summed E-state index contributed by atoms with van der Waals surface area (Å²) in [4.78, 5) is 27.2. The van der Waals surface area contributed by atoms with E-state index in [0.717, 1.165) is 5.56 Å². The van der Waals surface area contributed by atoms with Crippen LogP contribution in [0.25, 0.3) is 0 Å². The van der Waals surface area contributed by atoms with Crippen LogP contribution in [0, 0.1) is 11.3 Å². The molecule has 0 unspecified atom stereocenters. The van der Waals surface area contributed by atoms with Crippen LogP contribution in [-0.4, -0.2) is 65.2 Å². The summed E-state index contributed by atoms with van der Waals surface area (Å²) in [6.07, 6.45) is 0. The highest BCUT2D eigenvalue weighted by Crippen LogP contribution is 2.43. The fourth-order valence-electron chi connectivity index (χ4n) is 3.96. The van der Waals surface area contributed by atoms with Gasteiger partial charge in [0.15, 0.2) is 0 Å². The normalized spacial score (nSPS) is 26.4. The van der Waals surface area contributed by atoms with Crippen LogP contribution in [0.1, 0.15) is 12.5 Å². The standard InChI is InChI=1S/C17H22N2O5/c1-11(20)19-8-13-7-18(9-17(13,10-19)16(22)23)6-12-5-14(21)3-4-15(12)24-2/h3-5,13,21H,6-10H2,1-2H3,(H,22,23)/t13-,17-/m1/s1. The van der Waals surface area contributed by atoms with Crippen LogP contribution in [0.4, 0.5) is 0 Å². The number of hydrogen-bond acceptors (Lipinski definition) is 5. The summed E-state index contributed by atoms with van der Waals surface area (Å²) in [5, 5.41) is 19.5. The number of fused-ring (bicyclic) bond motifs is 1. The second kappa shape index (κ2) is 5.98. The van der Waals surface area contributed by atoms with E-state index in [1.807, 2.05) is 0 Å². The first-order chi connectivity index (χ1) is 11.4. The number of phenolic OH excluding ortho intramolecular Hbond substituents is 1. The van der Waals surface area contributed by atoms with Gasteiger partial charge in [0.25, 0.3) is 0 Å². The number of carboxylic acid groups (broad SMARTS) is 1. The second-order valence-corrected chi connectivity index (χ2v) is 6.72. The van der Waals surface area contributed by atoms with Crippen molar-refractivity contribution in [2.75, 3.05) is 33.3 Å². The van der Waals surface area contributed by atoms with E-state index in [4.69, 9.17) is 4.74 Å². The largest absolute Gasteiger partial charge is 0.508 e. The molecule has 0 aliphatic carbocycles. The zero-order valence-corrected chi connectivity index (χ0v) is 13.9. The number of ether oxygens (including phenoxy) is 1. The first-order valence-electron chi connectivity index (χ1n) is 7.93. The molecule has 24 heavy (non-hydrogen) atoms. The molecular formula is C17H22N2O5. The number of nitrogens with zero attached hydrogens (tertiary/aromatic N) is 2. The minimum atomic E-state index is -0.907. The molecule has 2 N–H and O–H groups in total. The molecule has 130 valence electrons. The number of carbonyl (C=O) groups excluding carboxylic acids is 1. The Bertz CT molecular complexity index is 677. The van der Waals surface area contributed by atoms with Gasteiger partial charge in [0.2, 0.25) is 5.91 Å². The molecule has 3 rings (SSSR count). The van der Waals surface area contributed by atoms with Crippen LogP contribution >= 0.6 is 0 Å².